The minimum Gasteiger partial charge on any atom is -0.477 e. The van der Waals surface area contributed by atoms with Gasteiger partial charge < -0.3 is 10.4 Å². The highest BCUT2D eigenvalue weighted by Gasteiger charge is 2.65. The average molecular weight is 373 g/mol. The van der Waals surface area contributed by atoms with Gasteiger partial charge in [-0.05, 0) is 18.2 Å². The molecule has 0 aliphatic rings. The Kier molecular flexibility index (Phi) is 3.53. The summed E-state index contributed by atoms with van der Waals surface area (Å²) in [5.41, 5.74) is -1.83. The average Bonchev–Trinajstić information content (AvgIpc) is 2.68. The molecule has 0 unspecified atom stereocenters. The highest BCUT2D eigenvalue weighted by molar-refractivity contribution is 8.45. The number of benzene rings is 1. The lowest BCUT2D eigenvalue weighted by Crippen LogP contribution is -2.15. The van der Waals surface area contributed by atoms with E-state index in [4.69, 9.17) is 5.11 Å². The van der Waals surface area contributed by atoms with E-state index in [1.54, 1.807) is 0 Å². The third-order valence-electron chi connectivity index (χ3n) is 3.14. The van der Waals surface area contributed by atoms with Gasteiger partial charge in [-0.2, -0.15) is 0 Å². The normalized spacial score (nSPS) is 14.8. The van der Waals surface area contributed by atoms with Crippen molar-refractivity contribution in [2.24, 2.45) is 7.05 Å². The van der Waals surface area contributed by atoms with Crippen molar-refractivity contribution in [3.05, 3.63) is 45.9 Å². The molecule has 2 aromatic rings. The fraction of sp³-hybridized carbons (Fsp3) is 0.167. The summed E-state index contributed by atoms with van der Waals surface area (Å²) < 4.78 is 64.9. The van der Waals surface area contributed by atoms with Crippen LogP contribution >= 0.6 is 10.2 Å². The largest absolute Gasteiger partial charge is 0.477 e. The third kappa shape index (κ3) is 3.69. The van der Waals surface area contributed by atoms with Crippen LogP contribution in [0.2, 0.25) is 0 Å². The summed E-state index contributed by atoms with van der Waals surface area (Å²) in [7, 11) is -8.48. The lowest BCUT2D eigenvalue weighted by Gasteiger charge is -2.40. The molecule has 0 atom stereocenters. The van der Waals surface area contributed by atoms with Crippen molar-refractivity contribution in [2.45, 2.75) is 11.4 Å². The Bertz CT molecular complexity index is 873. The summed E-state index contributed by atoms with van der Waals surface area (Å²) in [6.45, 7) is -0.360. The summed E-state index contributed by atoms with van der Waals surface area (Å²) in [5, 5.41) is 13.6. The molecule has 2 rings (SSSR count). The molecule has 0 aliphatic heterocycles. The number of carboxylic acids is 1. The molecule has 24 heavy (non-hydrogen) atoms. The van der Waals surface area contributed by atoms with Crippen molar-refractivity contribution >= 4 is 21.9 Å². The molecule has 0 saturated carbocycles. The van der Waals surface area contributed by atoms with Gasteiger partial charge in [0.15, 0.2) is 0 Å². The molecule has 0 amide bonds. The zero-order chi connectivity index (χ0) is 18.4. The molecule has 3 N–H and O–H groups in total. The van der Waals surface area contributed by atoms with Crippen LogP contribution in [0.5, 0.6) is 0 Å². The van der Waals surface area contributed by atoms with Gasteiger partial charge in [0.1, 0.15) is 10.5 Å². The minimum absolute atomic E-state index is 0.0507. The second-order valence-electron chi connectivity index (χ2n) is 4.98. The number of aromatic amines is 1. The SMILES string of the molecule is Cn1[nH]c(=O)c(C(=O)O)c1CNc1cccc(S(F)(F)(F)(F)F)c1. The molecule has 0 spiro atoms. The first-order chi connectivity index (χ1) is 10.7. The van der Waals surface area contributed by atoms with E-state index in [0.29, 0.717) is 0 Å². The molecule has 0 fully saturated rings. The van der Waals surface area contributed by atoms with Gasteiger partial charge in [0, 0.05) is 12.7 Å². The van der Waals surface area contributed by atoms with Crippen LogP contribution in [-0.4, -0.2) is 20.9 Å². The number of anilines is 1. The number of nitrogens with one attached hydrogen (secondary N) is 2. The highest BCUT2D eigenvalue weighted by atomic mass is 32.5. The Balaban J connectivity index is 2.33. The number of aromatic carboxylic acids is 1. The van der Waals surface area contributed by atoms with E-state index < -0.39 is 32.2 Å². The Morgan fingerprint density at radius 2 is 1.92 bits per heavy atom. The molecule has 134 valence electrons. The maximum Gasteiger partial charge on any atom is 0.343 e. The highest BCUT2D eigenvalue weighted by Crippen LogP contribution is 3.02. The van der Waals surface area contributed by atoms with Crippen molar-refractivity contribution < 1.29 is 29.3 Å². The van der Waals surface area contributed by atoms with Crippen LogP contribution < -0.4 is 10.9 Å². The van der Waals surface area contributed by atoms with Crippen molar-refractivity contribution in [1.29, 1.82) is 0 Å². The maximum absolute atomic E-state index is 12.8. The van der Waals surface area contributed by atoms with Crippen LogP contribution in [0.1, 0.15) is 16.1 Å². The molecule has 12 heteroatoms. The van der Waals surface area contributed by atoms with E-state index in [1.807, 2.05) is 0 Å². The predicted molar refractivity (Wildman–Crippen MR) is 78.2 cm³/mol. The van der Waals surface area contributed by atoms with Crippen molar-refractivity contribution in [3.63, 3.8) is 0 Å². The number of aromatic nitrogens is 2. The summed E-state index contributed by atoms with van der Waals surface area (Å²) in [6, 6.07) is 2.39. The molecular weight excluding hydrogens is 361 g/mol. The summed E-state index contributed by atoms with van der Waals surface area (Å²) >= 11 is 0. The molecule has 0 aliphatic carbocycles. The van der Waals surface area contributed by atoms with E-state index in [0.717, 1.165) is 16.8 Å². The number of nitrogens with zero attached hydrogens (tertiary/aromatic N) is 1. The van der Waals surface area contributed by atoms with Crippen molar-refractivity contribution in [2.75, 3.05) is 5.32 Å². The standard InChI is InChI=1S/C12H12F5N3O3S/c1-20-9(10(12(22)23)11(21)19-20)6-18-7-3-2-4-8(5-7)24(13,14,15,16)17/h2-5,18H,6H2,1H3,(H,19,21)(H,22,23). The van der Waals surface area contributed by atoms with E-state index in [-0.39, 0.29) is 30.1 Å². The monoisotopic (exact) mass is 373 g/mol. The van der Waals surface area contributed by atoms with E-state index in [9.17, 15) is 29.0 Å². The van der Waals surface area contributed by atoms with Gasteiger partial charge in [-0.25, -0.2) is 4.79 Å². The first-order valence-electron chi connectivity index (χ1n) is 6.28. The summed E-state index contributed by atoms with van der Waals surface area (Å²) in [6.07, 6.45) is 0. The number of aryl methyl sites for hydroxylation is 1. The van der Waals surface area contributed by atoms with Crippen molar-refractivity contribution in [1.82, 2.24) is 9.78 Å². The van der Waals surface area contributed by atoms with Crippen LogP contribution in [-0.2, 0) is 13.6 Å². The predicted octanol–water partition coefficient (Wildman–Crippen LogP) is 3.68. The number of halogens is 5. The Hall–Kier alpha value is -2.50. The van der Waals surface area contributed by atoms with Crippen LogP contribution in [0.4, 0.5) is 25.1 Å². The molecule has 0 saturated heterocycles. The lowest BCUT2D eigenvalue weighted by atomic mass is 10.2. The number of H-pyrrole nitrogens is 1. The van der Waals surface area contributed by atoms with Crippen LogP contribution in [0, 0.1) is 0 Å². The van der Waals surface area contributed by atoms with Gasteiger partial charge in [-0.1, -0.05) is 25.5 Å². The Morgan fingerprint density at radius 3 is 2.46 bits per heavy atom. The second kappa shape index (κ2) is 4.75. The van der Waals surface area contributed by atoms with Crippen LogP contribution in [0.15, 0.2) is 34.0 Å². The molecular formula is C12H12F5N3O3S. The van der Waals surface area contributed by atoms with Crippen LogP contribution in [0.25, 0.3) is 0 Å². The summed E-state index contributed by atoms with van der Waals surface area (Å²) in [4.78, 5) is 20.4. The second-order valence-corrected chi connectivity index (χ2v) is 7.39. The molecule has 1 aromatic carbocycles. The van der Waals surface area contributed by atoms with Gasteiger partial charge >= 0.3 is 16.2 Å². The fourth-order valence-corrected chi connectivity index (χ4v) is 2.72. The van der Waals surface area contributed by atoms with E-state index >= 15 is 0 Å². The molecule has 6 nitrogen and oxygen atoms in total. The smallest absolute Gasteiger partial charge is 0.343 e. The topological polar surface area (TPSA) is 87.1 Å². The minimum atomic E-state index is -9.81. The maximum atomic E-state index is 12.8. The van der Waals surface area contributed by atoms with Gasteiger partial charge in [0.05, 0.1) is 12.2 Å². The molecule has 0 bridgehead atoms. The van der Waals surface area contributed by atoms with Crippen LogP contribution in [0.3, 0.4) is 0 Å². The Labute approximate surface area is 131 Å². The fourth-order valence-electron chi connectivity index (χ4n) is 2.03. The van der Waals surface area contributed by atoms with Gasteiger partial charge in [-0.15, -0.1) is 0 Å². The van der Waals surface area contributed by atoms with Gasteiger partial charge in [-0.3, -0.25) is 14.6 Å². The summed E-state index contributed by atoms with van der Waals surface area (Å²) in [5.74, 6) is -1.52. The Morgan fingerprint density at radius 1 is 1.29 bits per heavy atom. The van der Waals surface area contributed by atoms with Gasteiger partial charge in [0.25, 0.3) is 5.56 Å². The number of carbonyl (C=O) groups is 1. The van der Waals surface area contributed by atoms with Crippen molar-refractivity contribution in [3.8, 4) is 0 Å². The molecule has 0 radical (unpaired) electrons. The lowest BCUT2D eigenvalue weighted by molar-refractivity contribution is 0.0694. The molecule has 1 aromatic heterocycles. The first-order valence-corrected chi connectivity index (χ1v) is 8.23. The van der Waals surface area contributed by atoms with Gasteiger partial charge in [0.2, 0.25) is 0 Å². The number of hydrogen-bond acceptors (Lipinski definition) is 3. The molecule has 1 heterocycles. The third-order valence-corrected chi connectivity index (χ3v) is 4.29. The number of carboxylic acid groups (broad SMARTS) is 1. The zero-order valence-corrected chi connectivity index (χ0v) is 12.8. The first kappa shape index (κ1) is 17.8. The van der Waals surface area contributed by atoms with E-state index in [2.05, 4.69) is 10.4 Å². The van der Waals surface area contributed by atoms with E-state index in [1.165, 1.54) is 7.05 Å². The zero-order valence-electron chi connectivity index (χ0n) is 12.0. The number of rotatable bonds is 5. The quantitative estimate of drug-likeness (QED) is 0.698. The number of hydrogen-bond donors (Lipinski definition) is 3.